The van der Waals surface area contributed by atoms with Crippen LogP contribution in [0.1, 0.15) is 0 Å². The molecule has 1 aromatic rings. The SMILES string of the molecule is CN=C(NCCOCCOC)N1CCN(c2cccs2)CC1.I. The maximum atomic E-state index is 5.45. The molecule has 6 nitrogen and oxygen atoms in total. The minimum absolute atomic E-state index is 0. The molecule has 0 spiro atoms. The number of methoxy groups -OCH3 is 1. The van der Waals surface area contributed by atoms with Gasteiger partial charge in [0.25, 0.3) is 0 Å². The molecule has 8 heteroatoms. The van der Waals surface area contributed by atoms with E-state index in [1.807, 2.05) is 7.05 Å². The number of halogens is 1. The second kappa shape index (κ2) is 11.9. The van der Waals surface area contributed by atoms with Gasteiger partial charge >= 0.3 is 0 Å². The van der Waals surface area contributed by atoms with E-state index in [0.717, 1.165) is 38.7 Å². The molecule has 0 aromatic carbocycles. The lowest BCUT2D eigenvalue weighted by atomic mass is 10.3. The Morgan fingerprint density at radius 1 is 1.26 bits per heavy atom. The van der Waals surface area contributed by atoms with Gasteiger partial charge in [-0.05, 0) is 17.5 Å². The first-order valence-corrected chi connectivity index (χ1v) is 8.54. The predicted molar refractivity (Wildman–Crippen MR) is 108 cm³/mol. The van der Waals surface area contributed by atoms with Gasteiger partial charge in [0.2, 0.25) is 0 Å². The van der Waals surface area contributed by atoms with Gasteiger partial charge in [-0.3, -0.25) is 4.99 Å². The number of thiophene rings is 1. The summed E-state index contributed by atoms with van der Waals surface area (Å²) in [6, 6.07) is 4.29. The predicted octanol–water partition coefficient (Wildman–Crippen LogP) is 1.73. The summed E-state index contributed by atoms with van der Waals surface area (Å²) in [5.74, 6) is 0.959. The molecule has 0 atom stereocenters. The number of anilines is 1. The average molecular weight is 454 g/mol. The summed E-state index contributed by atoms with van der Waals surface area (Å²) in [6.45, 7) is 6.75. The fourth-order valence-electron chi connectivity index (χ4n) is 2.40. The van der Waals surface area contributed by atoms with Gasteiger partial charge in [-0.1, -0.05) is 0 Å². The average Bonchev–Trinajstić information content (AvgIpc) is 3.09. The third kappa shape index (κ3) is 6.82. The van der Waals surface area contributed by atoms with Crippen LogP contribution in [0.3, 0.4) is 0 Å². The molecule has 132 valence electrons. The van der Waals surface area contributed by atoms with E-state index in [2.05, 4.69) is 37.6 Å². The summed E-state index contributed by atoms with van der Waals surface area (Å²) < 4.78 is 10.4. The van der Waals surface area contributed by atoms with Crippen LogP contribution in [0.25, 0.3) is 0 Å². The lowest BCUT2D eigenvalue weighted by Crippen LogP contribution is -2.52. The lowest BCUT2D eigenvalue weighted by molar-refractivity contribution is 0.0731. The van der Waals surface area contributed by atoms with Crippen LogP contribution < -0.4 is 10.2 Å². The Labute approximate surface area is 159 Å². The van der Waals surface area contributed by atoms with Crippen molar-refractivity contribution in [3.8, 4) is 0 Å². The number of ether oxygens (including phenoxy) is 2. The van der Waals surface area contributed by atoms with Crippen LogP contribution >= 0.6 is 35.3 Å². The summed E-state index contributed by atoms with van der Waals surface area (Å²) >= 11 is 1.80. The Hall–Kier alpha value is -0.580. The smallest absolute Gasteiger partial charge is 0.193 e. The quantitative estimate of drug-likeness (QED) is 0.295. The number of nitrogens with zero attached hydrogens (tertiary/aromatic N) is 3. The molecule has 1 aliphatic rings. The summed E-state index contributed by atoms with van der Waals surface area (Å²) in [6.07, 6.45) is 0. The molecular formula is C15H27IN4O2S. The van der Waals surface area contributed by atoms with Crippen LogP contribution in [-0.2, 0) is 9.47 Å². The number of hydrogen-bond donors (Lipinski definition) is 1. The normalized spacial score (nSPS) is 15.5. The highest BCUT2D eigenvalue weighted by molar-refractivity contribution is 14.0. The van der Waals surface area contributed by atoms with E-state index in [9.17, 15) is 0 Å². The Morgan fingerprint density at radius 3 is 2.65 bits per heavy atom. The van der Waals surface area contributed by atoms with Gasteiger partial charge < -0.3 is 24.6 Å². The molecule has 1 fully saturated rings. The molecule has 0 radical (unpaired) electrons. The number of nitrogens with one attached hydrogen (secondary N) is 1. The maximum absolute atomic E-state index is 5.45. The minimum Gasteiger partial charge on any atom is -0.382 e. The first kappa shape index (κ1) is 20.5. The highest BCUT2D eigenvalue weighted by Crippen LogP contribution is 2.22. The number of rotatable bonds is 7. The lowest BCUT2D eigenvalue weighted by Gasteiger charge is -2.37. The molecular weight excluding hydrogens is 427 g/mol. The van der Waals surface area contributed by atoms with Crippen molar-refractivity contribution in [2.24, 2.45) is 4.99 Å². The highest BCUT2D eigenvalue weighted by atomic mass is 127. The zero-order valence-corrected chi connectivity index (χ0v) is 17.0. The molecule has 2 heterocycles. The van der Waals surface area contributed by atoms with E-state index in [1.54, 1.807) is 18.4 Å². The van der Waals surface area contributed by atoms with Crippen molar-refractivity contribution in [2.45, 2.75) is 0 Å². The van der Waals surface area contributed by atoms with E-state index >= 15 is 0 Å². The largest absolute Gasteiger partial charge is 0.382 e. The van der Waals surface area contributed by atoms with Crippen molar-refractivity contribution in [2.75, 3.05) is 71.6 Å². The van der Waals surface area contributed by atoms with E-state index in [1.165, 1.54) is 5.00 Å². The summed E-state index contributed by atoms with van der Waals surface area (Å²) in [5, 5.41) is 6.85. The van der Waals surface area contributed by atoms with Crippen molar-refractivity contribution in [3.05, 3.63) is 17.5 Å². The first-order chi connectivity index (χ1) is 10.8. The number of piperazine rings is 1. The molecule has 1 aliphatic heterocycles. The second-order valence-electron chi connectivity index (χ2n) is 5.00. The number of hydrogen-bond acceptors (Lipinski definition) is 5. The van der Waals surface area contributed by atoms with E-state index in [-0.39, 0.29) is 24.0 Å². The van der Waals surface area contributed by atoms with Gasteiger partial charge in [-0.25, -0.2) is 0 Å². The van der Waals surface area contributed by atoms with Gasteiger partial charge in [0.05, 0.1) is 24.8 Å². The van der Waals surface area contributed by atoms with Crippen molar-refractivity contribution in [3.63, 3.8) is 0 Å². The molecule has 0 bridgehead atoms. The Morgan fingerprint density at radius 2 is 2.04 bits per heavy atom. The van der Waals surface area contributed by atoms with Gasteiger partial charge in [-0.15, -0.1) is 35.3 Å². The van der Waals surface area contributed by atoms with Crippen molar-refractivity contribution in [1.82, 2.24) is 10.2 Å². The Balaban J connectivity index is 0.00000264. The fraction of sp³-hybridized carbons (Fsp3) is 0.667. The highest BCUT2D eigenvalue weighted by Gasteiger charge is 2.19. The zero-order valence-electron chi connectivity index (χ0n) is 13.9. The molecule has 0 unspecified atom stereocenters. The standard InChI is InChI=1S/C15H26N4O2S.HI/c1-16-15(17-5-10-21-12-11-20-2)19-8-6-18(7-9-19)14-4-3-13-22-14;/h3-4,13H,5-12H2,1-2H3,(H,16,17);1H. The molecule has 1 N–H and O–H groups in total. The van der Waals surface area contributed by atoms with Gasteiger partial charge in [0.1, 0.15) is 0 Å². The molecule has 1 aromatic heterocycles. The monoisotopic (exact) mass is 454 g/mol. The van der Waals surface area contributed by atoms with Crippen LogP contribution in [-0.4, -0.2) is 77.6 Å². The third-order valence-electron chi connectivity index (χ3n) is 3.57. The molecule has 1 saturated heterocycles. The molecule has 2 rings (SSSR count). The van der Waals surface area contributed by atoms with Crippen LogP contribution in [0.15, 0.2) is 22.5 Å². The third-order valence-corrected chi connectivity index (χ3v) is 4.50. The topological polar surface area (TPSA) is 49.3 Å². The molecule has 0 saturated carbocycles. The number of guanidine groups is 1. The van der Waals surface area contributed by atoms with E-state index < -0.39 is 0 Å². The van der Waals surface area contributed by atoms with E-state index in [0.29, 0.717) is 19.8 Å². The molecule has 0 aliphatic carbocycles. The van der Waals surface area contributed by atoms with E-state index in [4.69, 9.17) is 9.47 Å². The Bertz CT molecular complexity index is 437. The van der Waals surface area contributed by atoms with Crippen molar-refractivity contribution in [1.29, 1.82) is 0 Å². The van der Waals surface area contributed by atoms with Crippen LogP contribution in [0.5, 0.6) is 0 Å². The summed E-state index contributed by atoms with van der Waals surface area (Å²) in [7, 11) is 3.51. The van der Waals surface area contributed by atoms with Gasteiger partial charge in [-0.2, -0.15) is 0 Å². The van der Waals surface area contributed by atoms with Crippen LogP contribution in [0.4, 0.5) is 5.00 Å². The van der Waals surface area contributed by atoms with Crippen molar-refractivity contribution < 1.29 is 9.47 Å². The first-order valence-electron chi connectivity index (χ1n) is 7.66. The summed E-state index contributed by atoms with van der Waals surface area (Å²) in [4.78, 5) is 9.11. The number of aliphatic imine (C=N–C) groups is 1. The minimum atomic E-state index is 0. The Kier molecular flexibility index (Phi) is 10.6. The maximum Gasteiger partial charge on any atom is 0.193 e. The zero-order chi connectivity index (χ0) is 15.6. The second-order valence-corrected chi connectivity index (χ2v) is 5.93. The fourth-order valence-corrected chi connectivity index (χ4v) is 3.19. The van der Waals surface area contributed by atoms with Gasteiger partial charge in [0, 0.05) is 46.9 Å². The van der Waals surface area contributed by atoms with Crippen molar-refractivity contribution >= 4 is 46.3 Å². The summed E-state index contributed by atoms with van der Waals surface area (Å²) in [5.41, 5.74) is 0. The van der Waals surface area contributed by atoms with Crippen LogP contribution in [0, 0.1) is 0 Å². The molecule has 23 heavy (non-hydrogen) atoms. The molecule has 0 amide bonds. The van der Waals surface area contributed by atoms with Gasteiger partial charge in [0.15, 0.2) is 5.96 Å². The van der Waals surface area contributed by atoms with Crippen LogP contribution in [0.2, 0.25) is 0 Å².